The van der Waals surface area contributed by atoms with Crippen molar-refractivity contribution in [2.45, 2.75) is 12.8 Å². The molecule has 0 bridgehead atoms. The van der Waals surface area contributed by atoms with E-state index < -0.39 is 33.8 Å². The van der Waals surface area contributed by atoms with Crippen molar-refractivity contribution in [3.05, 3.63) is 23.8 Å². The van der Waals surface area contributed by atoms with Gasteiger partial charge in [-0.1, -0.05) is 0 Å². The van der Waals surface area contributed by atoms with Crippen LogP contribution in [0, 0.1) is 5.95 Å². The summed E-state index contributed by atoms with van der Waals surface area (Å²) in [5, 5.41) is 2.10. The minimum Gasteiger partial charge on any atom is -0.292 e. The number of aromatic nitrogens is 1. The van der Waals surface area contributed by atoms with Gasteiger partial charge in [0.1, 0.15) is 0 Å². The van der Waals surface area contributed by atoms with E-state index in [0.717, 1.165) is 12.3 Å². The molecule has 0 atom stereocenters. The van der Waals surface area contributed by atoms with E-state index in [1.807, 2.05) is 0 Å². The van der Waals surface area contributed by atoms with Crippen LogP contribution in [0.4, 0.5) is 14.9 Å². The Morgan fingerprint density at radius 2 is 2.14 bits per heavy atom. The SMILES string of the molecule is O=C1CCN(c2cnc(F)cc2CCS(=O)(=O)O)C(=O)N1. The molecule has 10 heteroatoms. The summed E-state index contributed by atoms with van der Waals surface area (Å²) >= 11 is 0. The van der Waals surface area contributed by atoms with Gasteiger partial charge in [0.05, 0.1) is 17.6 Å². The number of hydrogen-bond donors (Lipinski definition) is 2. The van der Waals surface area contributed by atoms with E-state index in [0.29, 0.717) is 0 Å². The summed E-state index contributed by atoms with van der Waals surface area (Å²) in [6.45, 7) is 0.0802. The van der Waals surface area contributed by atoms with Gasteiger partial charge in [0, 0.05) is 13.0 Å². The summed E-state index contributed by atoms with van der Waals surface area (Å²) in [7, 11) is -4.22. The molecule has 1 fully saturated rings. The molecule has 0 aromatic carbocycles. The molecule has 0 aliphatic carbocycles. The number of nitrogens with one attached hydrogen (secondary N) is 1. The maximum atomic E-state index is 13.2. The molecule has 0 unspecified atom stereocenters. The molecule has 114 valence electrons. The van der Waals surface area contributed by atoms with Gasteiger partial charge in [-0.15, -0.1) is 0 Å². The molecule has 2 N–H and O–H groups in total. The standard InChI is InChI=1S/C11H12FN3O5S/c12-9-5-7(2-4-21(18,19)20)8(6-13-9)15-3-1-10(16)14-11(15)17/h5-6H,1-4H2,(H,14,16,17)(H,18,19,20). The molecule has 0 spiro atoms. The number of aryl methyl sites for hydroxylation is 1. The lowest BCUT2D eigenvalue weighted by Crippen LogP contribution is -2.50. The average Bonchev–Trinajstić information content (AvgIpc) is 2.36. The molecule has 8 nitrogen and oxygen atoms in total. The number of anilines is 1. The molecule has 3 amide bonds. The van der Waals surface area contributed by atoms with Crippen molar-refractivity contribution in [1.29, 1.82) is 0 Å². The maximum absolute atomic E-state index is 13.2. The maximum Gasteiger partial charge on any atom is 0.328 e. The van der Waals surface area contributed by atoms with E-state index >= 15 is 0 Å². The van der Waals surface area contributed by atoms with Crippen LogP contribution in [0.25, 0.3) is 0 Å². The van der Waals surface area contributed by atoms with Crippen LogP contribution in [0.2, 0.25) is 0 Å². The first-order chi connectivity index (χ1) is 9.76. The Morgan fingerprint density at radius 1 is 1.43 bits per heavy atom. The lowest BCUT2D eigenvalue weighted by molar-refractivity contribution is -0.120. The van der Waals surface area contributed by atoms with E-state index in [1.54, 1.807) is 0 Å². The Bertz CT molecular complexity index is 691. The summed E-state index contributed by atoms with van der Waals surface area (Å²) in [5.74, 6) is -1.87. The fourth-order valence-electron chi connectivity index (χ4n) is 1.94. The van der Waals surface area contributed by atoms with E-state index in [4.69, 9.17) is 4.55 Å². The number of rotatable bonds is 4. The largest absolute Gasteiger partial charge is 0.328 e. The summed E-state index contributed by atoms with van der Waals surface area (Å²) in [6.07, 6.45) is 0.968. The zero-order valence-corrected chi connectivity index (χ0v) is 11.6. The van der Waals surface area contributed by atoms with Crippen LogP contribution < -0.4 is 10.2 Å². The first-order valence-corrected chi connectivity index (χ1v) is 7.58. The van der Waals surface area contributed by atoms with Crippen LogP contribution in [0.5, 0.6) is 0 Å². The second-order valence-electron chi connectivity index (χ2n) is 4.43. The van der Waals surface area contributed by atoms with E-state index in [2.05, 4.69) is 10.3 Å². The monoisotopic (exact) mass is 317 g/mol. The zero-order valence-electron chi connectivity index (χ0n) is 10.7. The number of halogens is 1. The number of hydrogen-bond acceptors (Lipinski definition) is 5. The third kappa shape index (κ3) is 3.95. The molecule has 0 radical (unpaired) electrons. The number of carbonyl (C=O) groups is 2. The molecule has 1 aliphatic heterocycles. The fourth-order valence-corrected chi connectivity index (χ4v) is 2.41. The second-order valence-corrected chi connectivity index (χ2v) is 6.00. The number of pyridine rings is 1. The average molecular weight is 317 g/mol. The molecule has 21 heavy (non-hydrogen) atoms. The summed E-state index contributed by atoms with van der Waals surface area (Å²) in [4.78, 5) is 27.4. The molecule has 2 heterocycles. The van der Waals surface area contributed by atoms with Crippen molar-refractivity contribution in [3.63, 3.8) is 0 Å². The second kappa shape index (κ2) is 5.74. The van der Waals surface area contributed by atoms with Gasteiger partial charge >= 0.3 is 6.03 Å². The molecule has 1 saturated heterocycles. The summed E-state index contributed by atoms with van der Waals surface area (Å²) in [6, 6.07) is 0.303. The van der Waals surface area contributed by atoms with Gasteiger partial charge in [-0.3, -0.25) is 19.6 Å². The minimum absolute atomic E-state index is 0.0703. The predicted octanol–water partition coefficient (Wildman–Crippen LogP) is 0.0973. The van der Waals surface area contributed by atoms with Crippen LogP contribution in [0.3, 0.4) is 0 Å². The van der Waals surface area contributed by atoms with Gasteiger partial charge in [-0.2, -0.15) is 12.8 Å². The number of urea groups is 1. The van der Waals surface area contributed by atoms with Gasteiger partial charge in [0.25, 0.3) is 10.1 Å². The molecular formula is C11H12FN3O5S. The number of nitrogens with zero attached hydrogens (tertiary/aromatic N) is 2. The Morgan fingerprint density at radius 3 is 2.76 bits per heavy atom. The van der Waals surface area contributed by atoms with Crippen molar-refractivity contribution in [2.24, 2.45) is 0 Å². The van der Waals surface area contributed by atoms with Crippen molar-refractivity contribution >= 4 is 27.7 Å². The molecule has 1 aromatic rings. The topological polar surface area (TPSA) is 117 Å². The number of imide groups is 1. The highest BCUT2D eigenvalue weighted by Crippen LogP contribution is 2.23. The number of amides is 3. The smallest absolute Gasteiger partial charge is 0.292 e. The molecule has 0 saturated carbocycles. The van der Waals surface area contributed by atoms with Crippen LogP contribution in [0.1, 0.15) is 12.0 Å². The highest BCUT2D eigenvalue weighted by molar-refractivity contribution is 7.85. The first-order valence-electron chi connectivity index (χ1n) is 5.97. The van der Waals surface area contributed by atoms with Gasteiger partial charge in [0.2, 0.25) is 11.9 Å². The summed E-state index contributed by atoms with van der Waals surface area (Å²) in [5.41, 5.74) is 0.398. The Hall–Kier alpha value is -2.07. The minimum atomic E-state index is -4.22. The fraction of sp³-hybridized carbons (Fsp3) is 0.364. The normalized spacial score (nSPS) is 16.0. The Kier molecular flexibility index (Phi) is 4.19. The third-order valence-electron chi connectivity index (χ3n) is 2.91. The highest BCUT2D eigenvalue weighted by Gasteiger charge is 2.26. The van der Waals surface area contributed by atoms with Gasteiger partial charge in [-0.05, 0) is 18.1 Å². The van der Waals surface area contributed by atoms with Crippen LogP contribution in [-0.4, -0.2) is 42.2 Å². The van der Waals surface area contributed by atoms with Crippen LogP contribution in [-0.2, 0) is 21.3 Å². The van der Waals surface area contributed by atoms with Crippen molar-refractivity contribution in [1.82, 2.24) is 10.3 Å². The molecule has 2 rings (SSSR count). The quantitative estimate of drug-likeness (QED) is 0.601. The lowest BCUT2D eigenvalue weighted by atomic mass is 10.1. The third-order valence-corrected chi connectivity index (χ3v) is 3.63. The van der Waals surface area contributed by atoms with Crippen LogP contribution >= 0.6 is 0 Å². The van der Waals surface area contributed by atoms with E-state index in [-0.39, 0.29) is 30.6 Å². The van der Waals surface area contributed by atoms with Crippen molar-refractivity contribution < 1.29 is 27.0 Å². The first kappa shape index (κ1) is 15.3. The van der Waals surface area contributed by atoms with Crippen molar-refractivity contribution in [2.75, 3.05) is 17.2 Å². The van der Waals surface area contributed by atoms with E-state index in [1.165, 1.54) is 4.90 Å². The van der Waals surface area contributed by atoms with Crippen LogP contribution in [0.15, 0.2) is 12.3 Å². The molecule has 1 aliphatic rings. The Balaban J connectivity index is 2.30. The van der Waals surface area contributed by atoms with Crippen molar-refractivity contribution in [3.8, 4) is 0 Å². The van der Waals surface area contributed by atoms with Gasteiger partial charge in [-0.25, -0.2) is 9.78 Å². The zero-order chi connectivity index (χ0) is 15.6. The lowest BCUT2D eigenvalue weighted by Gasteiger charge is -2.28. The summed E-state index contributed by atoms with van der Waals surface area (Å²) < 4.78 is 43.5. The van der Waals surface area contributed by atoms with Gasteiger partial charge < -0.3 is 0 Å². The molecule has 1 aromatic heterocycles. The molecular weight excluding hydrogens is 305 g/mol. The highest BCUT2D eigenvalue weighted by atomic mass is 32.2. The predicted molar refractivity (Wildman–Crippen MR) is 69.8 cm³/mol. The van der Waals surface area contributed by atoms with Gasteiger partial charge in [0.15, 0.2) is 0 Å². The van der Waals surface area contributed by atoms with E-state index in [9.17, 15) is 22.4 Å². The number of carbonyl (C=O) groups excluding carboxylic acids is 2. The Labute approximate surface area is 119 Å².